The Morgan fingerprint density at radius 1 is 1.04 bits per heavy atom. The zero-order valence-corrected chi connectivity index (χ0v) is 16.6. The van der Waals surface area contributed by atoms with E-state index in [2.05, 4.69) is 89.2 Å². The van der Waals surface area contributed by atoms with E-state index in [9.17, 15) is 0 Å². The Kier molecular flexibility index (Phi) is 4.46. The molecule has 2 aliphatic rings. The van der Waals surface area contributed by atoms with E-state index >= 15 is 0 Å². The average Bonchev–Trinajstić information content (AvgIpc) is 3.36. The summed E-state index contributed by atoms with van der Waals surface area (Å²) in [4.78, 5) is 2.67. The molecule has 0 radical (unpaired) electrons. The molecule has 4 rings (SSSR count). The fourth-order valence-corrected chi connectivity index (χ4v) is 5.70. The summed E-state index contributed by atoms with van der Waals surface area (Å²) >= 11 is 2.77. The van der Waals surface area contributed by atoms with Crippen LogP contribution in [0.2, 0.25) is 0 Å². The van der Waals surface area contributed by atoms with Gasteiger partial charge in [0.25, 0.3) is 0 Å². The molecule has 24 heavy (non-hydrogen) atoms. The molecule has 0 N–H and O–H groups in total. The van der Waals surface area contributed by atoms with E-state index < -0.39 is 0 Å². The minimum atomic E-state index is 0.368. The summed E-state index contributed by atoms with van der Waals surface area (Å²) in [6.45, 7) is 1.26. The third-order valence-corrected chi connectivity index (χ3v) is 8.25. The number of hydrogen-bond acceptors (Lipinski definition) is 1. The van der Waals surface area contributed by atoms with Crippen LogP contribution in [0.3, 0.4) is 0 Å². The molecule has 0 bridgehead atoms. The number of likely N-dealkylation sites (tertiary alicyclic amines) is 1. The van der Waals surface area contributed by atoms with E-state index in [4.69, 9.17) is 0 Å². The minimum absolute atomic E-state index is 0.368. The maximum absolute atomic E-state index is 2.77. The van der Waals surface area contributed by atoms with Crippen molar-refractivity contribution < 1.29 is 0 Å². The zero-order chi connectivity index (χ0) is 16.6. The zero-order valence-electron chi connectivity index (χ0n) is 14.5. The molecule has 2 aromatic rings. The molecule has 1 aliphatic heterocycles. The molecule has 1 aliphatic carbocycles. The molecule has 126 valence electrons. The van der Waals surface area contributed by atoms with Crippen molar-refractivity contribution in [2.24, 2.45) is 0 Å². The predicted octanol–water partition coefficient (Wildman–Crippen LogP) is 6.07. The van der Waals surface area contributed by atoms with Crippen molar-refractivity contribution in [3.8, 4) is 0 Å². The molecule has 0 amide bonds. The fourth-order valence-electron chi connectivity index (χ4n) is 4.53. The third kappa shape index (κ3) is 2.82. The van der Waals surface area contributed by atoms with Gasteiger partial charge in [-0.25, -0.2) is 0 Å². The standard InChI is InChI=1S/C22H26IN/c1-24-17-5-4-13-22(24,21(23)15-16-21)14-7-11-19-10-6-9-18-8-2-3-12-20(18)19/h2-3,6-12H,4-5,13-17H2,1H3. The second-order valence-corrected chi connectivity index (χ2v) is 9.62. The van der Waals surface area contributed by atoms with Crippen LogP contribution in [0.15, 0.2) is 48.5 Å². The smallest absolute Gasteiger partial charge is 0.0409 e. The van der Waals surface area contributed by atoms with Crippen molar-refractivity contribution in [3.63, 3.8) is 0 Å². The van der Waals surface area contributed by atoms with Gasteiger partial charge in [-0.15, -0.1) is 0 Å². The van der Waals surface area contributed by atoms with E-state index in [1.165, 1.54) is 61.4 Å². The summed E-state index contributed by atoms with van der Waals surface area (Å²) in [5.74, 6) is 0. The molecular weight excluding hydrogens is 405 g/mol. The molecule has 1 saturated heterocycles. The number of halogens is 1. The van der Waals surface area contributed by atoms with E-state index in [-0.39, 0.29) is 0 Å². The van der Waals surface area contributed by atoms with Gasteiger partial charge >= 0.3 is 0 Å². The lowest BCUT2D eigenvalue weighted by molar-refractivity contribution is 0.0705. The quantitative estimate of drug-likeness (QED) is 0.420. The second kappa shape index (κ2) is 6.45. The first-order chi connectivity index (χ1) is 11.6. The summed E-state index contributed by atoms with van der Waals surface area (Å²) in [5, 5.41) is 2.69. The Balaban J connectivity index is 1.61. The Bertz CT molecular complexity index is 756. The third-order valence-electron chi connectivity index (χ3n) is 6.16. The summed E-state index contributed by atoms with van der Waals surface area (Å²) in [6, 6.07) is 15.3. The van der Waals surface area contributed by atoms with Crippen molar-refractivity contribution in [1.29, 1.82) is 0 Å². The van der Waals surface area contributed by atoms with Crippen molar-refractivity contribution in [2.75, 3.05) is 13.6 Å². The SMILES string of the molecule is CN1CCCCC1(CC=Cc1cccc2ccccc12)C1(I)CC1. The first kappa shape index (κ1) is 16.6. The average molecular weight is 431 g/mol. The number of nitrogens with zero attached hydrogens (tertiary/aromatic N) is 1. The molecular formula is C22H26IN. The summed E-state index contributed by atoms with van der Waals surface area (Å²) < 4.78 is 0.503. The summed E-state index contributed by atoms with van der Waals surface area (Å²) in [5.41, 5.74) is 1.72. The number of piperidine rings is 1. The maximum Gasteiger partial charge on any atom is 0.0409 e. The number of hydrogen-bond donors (Lipinski definition) is 0. The van der Waals surface area contributed by atoms with Gasteiger partial charge in [-0.05, 0) is 62.0 Å². The molecule has 1 nitrogen and oxygen atoms in total. The Morgan fingerprint density at radius 2 is 1.83 bits per heavy atom. The van der Waals surface area contributed by atoms with Gasteiger partial charge in [-0.1, -0.05) is 83.6 Å². The normalized spacial score (nSPS) is 26.9. The topological polar surface area (TPSA) is 3.24 Å². The number of alkyl halides is 1. The molecule has 1 saturated carbocycles. The molecule has 1 atom stereocenters. The monoisotopic (exact) mass is 431 g/mol. The largest absolute Gasteiger partial charge is 0.299 e. The van der Waals surface area contributed by atoms with Crippen LogP contribution in [0, 0.1) is 0 Å². The first-order valence-electron chi connectivity index (χ1n) is 9.19. The lowest BCUT2D eigenvalue weighted by atomic mass is 9.79. The van der Waals surface area contributed by atoms with E-state index in [1.54, 1.807) is 0 Å². The Morgan fingerprint density at radius 3 is 2.62 bits per heavy atom. The van der Waals surface area contributed by atoms with E-state index in [0.29, 0.717) is 8.96 Å². The molecule has 0 spiro atoms. The van der Waals surface area contributed by atoms with Gasteiger partial charge in [0.1, 0.15) is 0 Å². The highest BCUT2D eigenvalue weighted by Crippen LogP contribution is 2.59. The molecule has 2 aromatic carbocycles. The van der Waals surface area contributed by atoms with Gasteiger partial charge in [0.15, 0.2) is 0 Å². The lowest BCUT2D eigenvalue weighted by Gasteiger charge is -2.49. The summed E-state index contributed by atoms with van der Waals surface area (Å²) in [6.07, 6.45) is 12.9. The summed E-state index contributed by atoms with van der Waals surface area (Å²) in [7, 11) is 2.35. The molecule has 2 heteroatoms. The number of fused-ring (bicyclic) bond motifs is 1. The molecule has 1 unspecified atom stereocenters. The van der Waals surface area contributed by atoms with Crippen LogP contribution in [0.5, 0.6) is 0 Å². The molecule has 0 aromatic heterocycles. The fraction of sp³-hybridized carbons (Fsp3) is 0.455. The van der Waals surface area contributed by atoms with Crippen LogP contribution in [0.1, 0.15) is 44.1 Å². The number of rotatable bonds is 4. The maximum atomic E-state index is 2.77. The predicted molar refractivity (Wildman–Crippen MR) is 113 cm³/mol. The Labute approximate surface area is 159 Å². The van der Waals surface area contributed by atoms with E-state index in [1.807, 2.05) is 0 Å². The molecule has 2 fully saturated rings. The van der Waals surface area contributed by atoms with Crippen molar-refractivity contribution >= 4 is 39.4 Å². The van der Waals surface area contributed by atoms with Crippen LogP contribution >= 0.6 is 22.6 Å². The van der Waals surface area contributed by atoms with Gasteiger partial charge < -0.3 is 0 Å². The van der Waals surface area contributed by atoms with Crippen LogP contribution in [-0.4, -0.2) is 27.5 Å². The minimum Gasteiger partial charge on any atom is -0.299 e. The van der Waals surface area contributed by atoms with Crippen molar-refractivity contribution in [3.05, 3.63) is 54.1 Å². The van der Waals surface area contributed by atoms with Crippen LogP contribution in [0.4, 0.5) is 0 Å². The molecule has 1 heterocycles. The van der Waals surface area contributed by atoms with Crippen molar-refractivity contribution in [2.45, 2.75) is 47.5 Å². The highest BCUT2D eigenvalue weighted by Gasteiger charge is 2.59. The second-order valence-electron chi connectivity index (χ2n) is 7.55. The lowest BCUT2D eigenvalue weighted by Crippen LogP contribution is -2.56. The Hall–Kier alpha value is -0.870. The number of benzene rings is 2. The first-order valence-corrected chi connectivity index (χ1v) is 10.3. The van der Waals surface area contributed by atoms with Gasteiger partial charge in [-0.2, -0.15) is 0 Å². The van der Waals surface area contributed by atoms with Gasteiger partial charge in [0.05, 0.1) is 0 Å². The van der Waals surface area contributed by atoms with Crippen LogP contribution in [0.25, 0.3) is 16.8 Å². The van der Waals surface area contributed by atoms with E-state index in [0.717, 1.165) is 0 Å². The van der Waals surface area contributed by atoms with Gasteiger partial charge in [-0.3, -0.25) is 4.90 Å². The van der Waals surface area contributed by atoms with Gasteiger partial charge in [0, 0.05) is 8.96 Å². The van der Waals surface area contributed by atoms with Gasteiger partial charge in [0.2, 0.25) is 0 Å². The van der Waals surface area contributed by atoms with Crippen molar-refractivity contribution in [1.82, 2.24) is 4.90 Å². The van der Waals surface area contributed by atoms with Crippen LogP contribution in [-0.2, 0) is 0 Å². The highest BCUT2D eigenvalue weighted by molar-refractivity contribution is 14.1. The van der Waals surface area contributed by atoms with Crippen LogP contribution < -0.4 is 0 Å². The highest BCUT2D eigenvalue weighted by atomic mass is 127.